The molecule has 0 heterocycles. The Morgan fingerprint density at radius 2 is 2.00 bits per heavy atom. The van der Waals surface area contributed by atoms with Crippen LogP contribution in [0.3, 0.4) is 0 Å². The maximum absolute atomic E-state index is 9.84. The first-order valence-corrected chi connectivity index (χ1v) is 6.57. The van der Waals surface area contributed by atoms with Crippen molar-refractivity contribution in [2.75, 3.05) is 6.61 Å². The van der Waals surface area contributed by atoms with Crippen LogP contribution >= 0.6 is 0 Å². The topological polar surface area (TPSA) is 29.5 Å². The second-order valence-electron chi connectivity index (χ2n) is 5.33. The molecule has 0 amide bonds. The number of hydrogen-bond acceptors (Lipinski definition) is 2. The number of hydrogen-bond donors (Lipinski definition) is 1. The third-order valence-electron chi connectivity index (χ3n) is 3.81. The third-order valence-corrected chi connectivity index (χ3v) is 3.81. The van der Waals surface area contributed by atoms with Crippen molar-refractivity contribution in [2.45, 2.75) is 64.1 Å². The van der Waals surface area contributed by atoms with Crippen LogP contribution in [-0.4, -0.2) is 23.9 Å². The zero-order valence-corrected chi connectivity index (χ0v) is 9.82. The summed E-state index contributed by atoms with van der Waals surface area (Å²) in [7, 11) is 0. The minimum Gasteiger partial charge on any atom is -0.393 e. The molecule has 1 N–H and O–H groups in total. The predicted molar refractivity (Wildman–Crippen MR) is 60.7 cm³/mol. The molecule has 0 radical (unpaired) electrons. The molecule has 2 saturated carbocycles. The quantitative estimate of drug-likeness (QED) is 0.703. The summed E-state index contributed by atoms with van der Waals surface area (Å²) < 4.78 is 5.52. The largest absolute Gasteiger partial charge is 0.393 e. The van der Waals surface area contributed by atoms with Crippen LogP contribution in [0.25, 0.3) is 0 Å². The van der Waals surface area contributed by atoms with Gasteiger partial charge in [-0.25, -0.2) is 0 Å². The molecule has 0 bridgehead atoms. The minimum atomic E-state index is -0.0434. The fraction of sp³-hybridized carbons (Fsp3) is 1.00. The number of rotatable bonds is 7. The van der Waals surface area contributed by atoms with Gasteiger partial charge in [0.25, 0.3) is 0 Å². The summed E-state index contributed by atoms with van der Waals surface area (Å²) in [4.78, 5) is 0. The SMILES string of the molecule is CCOC1CC(CC(O)CCC2CC2)C1. The van der Waals surface area contributed by atoms with E-state index < -0.39 is 0 Å². The molecule has 2 rings (SSSR count). The Morgan fingerprint density at radius 1 is 1.27 bits per heavy atom. The lowest BCUT2D eigenvalue weighted by atomic mass is 9.78. The van der Waals surface area contributed by atoms with Gasteiger partial charge in [-0.1, -0.05) is 12.8 Å². The van der Waals surface area contributed by atoms with Gasteiger partial charge in [0.15, 0.2) is 0 Å². The molecule has 2 fully saturated rings. The molecule has 0 saturated heterocycles. The van der Waals surface area contributed by atoms with E-state index >= 15 is 0 Å². The summed E-state index contributed by atoms with van der Waals surface area (Å²) in [6.45, 7) is 2.89. The van der Waals surface area contributed by atoms with Gasteiger partial charge in [0.2, 0.25) is 0 Å². The smallest absolute Gasteiger partial charge is 0.0580 e. The van der Waals surface area contributed by atoms with Crippen molar-refractivity contribution in [3.8, 4) is 0 Å². The highest BCUT2D eigenvalue weighted by molar-refractivity contribution is 4.83. The zero-order chi connectivity index (χ0) is 10.7. The lowest BCUT2D eigenvalue weighted by Crippen LogP contribution is -2.33. The van der Waals surface area contributed by atoms with E-state index in [-0.39, 0.29) is 6.10 Å². The van der Waals surface area contributed by atoms with Gasteiger partial charge in [0, 0.05) is 6.61 Å². The molecule has 2 aliphatic rings. The van der Waals surface area contributed by atoms with E-state index in [4.69, 9.17) is 4.74 Å². The summed E-state index contributed by atoms with van der Waals surface area (Å²) in [5.74, 6) is 1.69. The van der Waals surface area contributed by atoms with E-state index in [1.54, 1.807) is 0 Å². The van der Waals surface area contributed by atoms with Crippen LogP contribution in [0.4, 0.5) is 0 Å². The Morgan fingerprint density at radius 3 is 2.60 bits per heavy atom. The average molecular weight is 212 g/mol. The van der Waals surface area contributed by atoms with Crippen LogP contribution in [0.1, 0.15) is 51.9 Å². The highest BCUT2D eigenvalue weighted by Gasteiger charge is 2.31. The fourth-order valence-electron chi connectivity index (χ4n) is 2.58. The summed E-state index contributed by atoms with van der Waals surface area (Å²) >= 11 is 0. The van der Waals surface area contributed by atoms with E-state index in [1.807, 2.05) is 0 Å². The van der Waals surface area contributed by atoms with Gasteiger partial charge in [-0.3, -0.25) is 0 Å². The maximum atomic E-state index is 9.84. The summed E-state index contributed by atoms with van der Waals surface area (Å²) in [6.07, 6.45) is 8.90. The van der Waals surface area contributed by atoms with Gasteiger partial charge >= 0.3 is 0 Å². The van der Waals surface area contributed by atoms with Gasteiger partial charge < -0.3 is 9.84 Å². The summed E-state index contributed by atoms with van der Waals surface area (Å²) in [5, 5.41) is 9.84. The van der Waals surface area contributed by atoms with Crippen LogP contribution in [0.2, 0.25) is 0 Å². The van der Waals surface area contributed by atoms with E-state index in [0.29, 0.717) is 6.10 Å². The first-order valence-electron chi connectivity index (χ1n) is 6.57. The normalized spacial score (nSPS) is 32.4. The van der Waals surface area contributed by atoms with Gasteiger partial charge in [-0.05, 0) is 50.9 Å². The van der Waals surface area contributed by atoms with E-state index in [9.17, 15) is 5.11 Å². The molecule has 0 spiro atoms. The van der Waals surface area contributed by atoms with Gasteiger partial charge in [0.05, 0.1) is 12.2 Å². The number of aliphatic hydroxyl groups excluding tert-OH is 1. The second-order valence-corrected chi connectivity index (χ2v) is 5.33. The Hall–Kier alpha value is -0.0800. The van der Waals surface area contributed by atoms with Crippen molar-refractivity contribution >= 4 is 0 Å². The molecule has 2 aliphatic carbocycles. The van der Waals surface area contributed by atoms with Gasteiger partial charge in [-0.2, -0.15) is 0 Å². The summed E-state index contributed by atoms with van der Waals surface area (Å²) in [5.41, 5.74) is 0. The van der Waals surface area contributed by atoms with Crippen LogP contribution < -0.4 is 0 Å². The predicted octanol–water partition coefficient (Wildman–Crippen LogP) is 2.74. The maximum Gasteiger partial charge on any atom is 0.0580 e. The van der Waals surface area contributed by atoms with Crippen LogP contribution in [0.15, 0.2) is 0 Å². The molecule has 0 aromatic carbocycles. The average Bonchev–Trinajstić information content (AvgIpc) is 2.95. The number of aliphatic hydroxyl groups is 1. The van der Waals surface area contributed by atoms with Crippen LogP contribution in [-0.2, 0) is 4.74 Å². The monoisotopic (exact) mass is 212 g/mol. The Balaban J connectivity index is 1.49. The molecule has 2 nitrogen and oxygen atoms in total. The molecule has 88 valence electrons. The van der Waals surface area contributed by atoms with Crippen LogP contribution in [0.5, 0.6) is 0 Å². The zero-order valence-electron chi connectivity index (χ0n) is 9.82. The minimum absolute atomic E-state index is 0.0434. The first-order chi connectivity index (χ1) is 7.28. The standard InChI is InChI=1S/C13H24O2/c1-2-15-13-8-11(9-13)7-12(14)6-5-10-3-4-10/h10-14H,2-9H2,1H3. The third kappa shape index (κ3) is 3.76. The van der Waals surface area contributed by atoms with Crippen LogP contribution in [0, 0.1) is 11.8 Å². The molecular formula is C13H24O2. The van der Waals surface area contributed by atoms with Crippen molar-refractivity contribution in [3.63, 3.8) is 0 Å². The molecule has 0 aliphatic heterocycles. The lowest BCUT2D eigenvalue weighted by molar-refractivity contribution is -0.0385. The van der Waals surface area contributed by atoms with Crippen molar-refractivity contribution in [1.82, 2.24) is 0 Å². The van der Waals surface area contributed by atoms with Gasteiger partial charge in [0.1, 0.15) is 0 Å². The fourth-order valence-corrected chi connectivity index (χ4v) is 2.58. The Labute approximate surface area is 93.0 Å². The number of ether oxygens (including phenoxy) is 1. The second kappa shape index (κ2) is 5.31. The van der Waals surface area contributed by atoms with E-state index in [0.717, 1.165) is 31.3 Å². The lowest BCUT2D eigenvalue weighted by Gasteiger charge is -2.36. The molecule has 1 unspecified atom stereocenters. The highest BCUT2D eigenvalue weighted by atomic mass is 16.5. The van der Waals surface area contributed by atoms with Crippen molar-refractivity contribution < 1.29 is 9.84 Å². The van der Waals surface area contributed by atoms with E-state index in [2.05, 4.69) is 6.92 Å². The van der Waals surface area contributed by atoms with Crippen molar-refractivity contribution in [3.05, 3.63) is 0 Å². The molecule has 0 aromatic heterocycles. The van der Waals surface area contributed by atoms with Gasteiger partial charge in [-0.15, -0.1) is 0 Å². The van der Waals surface area contributed by atoms with Crippen molar-refractivity contribution in [2.24, 2.45) is 11.8 Å². The first kappa shape index (κ1) is 11.4. The Kier molecular flexibility index (Phi) is 4.04. The Bertz CT molecular complexity index is 183. The van der Waals surface area contributed by atoms with E-state index in [1.165, 1.54) is 32.1 Å². The van der Waals surface area contributed by atoms with Crippen molar-refractivity contribution in [1.29, 1.82) is 0 Å². The molecule has 15 heavy (non-hydrogen) atoms. The highest BCUT2D eigenvalue weighted by Crippen LogP contribution is 2.37. The molecule has 2 heteroatoms. The molecule has 0 aromatic rings. The summed E-state index contributed by atoms with van der Waals surface area (Å²) in [6, 6.07) is 0. The molecular weight excluding hydrogens is 188 g/mol. The molecule has 1 atom stereocenters.